The lowest BCUT2D eigenvalue weighted by Crippen LogP contribution is -1.97. The van der Waals surface area contributed by atoms with E-state index in [9.17, 15) is 4.39 Å². The van der Waals surface area contributed by atoms with Crippen molar-refractivity contribution in [3.63, 3.8) is 0 Å². The number of benzene rings is 1. The van der Waals surface area contributed by atoms with Crippen molar-refractivity contribution in [3.05, 3.63) is 42.2 Å². The summed E-state index contributed by atoms with van der Waals surface area (Å²) in [6, 6.07) is 4.98. The molecular formula is C9H8FN3. The Bertz CT molecular complexity index is 409. The van der Waals surface area contributed by atoms with E-state index in [-0.39, 0.29) is 5.82 Å². The minimum atomic E-state index is -0.287. The molecule has 0 aliphatic rings. The van der Waals surface area contributed by atoms with Crippen LogP contribution >= 0.6 is 0 Å². The van der Waals surface area contributed by atoms with Crippen LogP contribution in [0.5, 0.6) is 0 Å². The quantitative estimate of drug-likeness (QED) is 0.664. The second-order valence-electron chi connectivity index (χ2n) is 2.79. The van der Waals surface area contributed by atoms with Crippen LogP contribution in [0.3, 0.4) is 0 Å². The molecule has 0 aliphatic heterocycles. The Morgan fingerprint density at radius 3 is 2.85 bits per heavy atom. The molecule has 1 aromatic carbocycles. The van der Waals surface area contributed by atoms with Crippen molar-refractivity contribution in [1.82, 2.24) is 14.8 Å². The number of hydrogen-bond donors (Lipinski definition) is 0. The van der Waals surface area contributed by atoms with Gasteiger partial charge in [0, 0.05) is 0 Å². The van der Waals surface area contributed by atoms with Gasteiger partial charge in [-0.25, -0.2) is 14.1 Å². The Balaban J connectivity index is 2.53. The molecule has 3 nitrogen and oxygen atoms in total. The first kappa shape index (κ1) is 7.91. The fourth-order valence-electron chi connectivity index (χ4n) is 1.13. The summed E-state index contributed by atoms with van der Waals surface area (Å²) < 4.78 is 14.7. The highest BCUT2D eigenvalue weighted by Gasteiger charge is 2.03. The second-order valence-corrected chi connectivity index (χ2v) is 2.79. The van der Waals surface area contributed by atoms with Crippen LogP contribution in [0.15, 0.2) is 30.9 Å². The van der Waals surface area contributed by atoms with Gasteiger partial charge in [0.2, 0.25) is 0 Å². The molecule has 1 aromatic heterocycles. The van der Waals surface area contributed by atoms with Crippen LogP contribution in [-0.2, 0) is 0 Å². The largest absolute Gasteiger partial charge is 0.223 e. The van der Waals surface area contributed by atoms with Gasteiger partial charge in [-0.1, -0.05) is 6.07 Å². The molecule has 4 heteroatoms. The third-order valence-electron chi connectivity index (χ3n) is 1.77. The summed E-state index contributed by atoms with van der Waals surface area (Å²) in [6.07, 6.45) is 2.84. The number of rotatable bonds is 1. The highest BCUT2D eigenvalue weighted by atomic mass is 19.1. The van der Waals surface area contributed by atoms with E-state index in [0.29, 0.717) is 5.69 Å². The van der Waals surface area contributed by atoms with Crippen LogP contribution in [0, 0.1) is 12.7 Å². The van der Waals surface area contributed by atoms with E-state index in [1.165, 1.54) is 23.4 Å². The van der Waals surface area contributed by atoms with Crippen molar-refractivity contribution in [2.45, 2.75) is 6.92 Å². The van der Waals surface area contributed by atoms with Gasteiger partial charge in [-0.05, 0) is 24.6 Å². The van der Waals surface area contributed by atoms with Crippen molar-refractivity contribution in [2.75, 3.05) is 0 Å². The second kappa shape index (κ2) is 2.97. The number of aromatic nitrogens is 3. The minimum Gasteiger partial charge on any atom is -0.223 e. The molecule has 13 heavy (non-hydrogen) atoms. The molecule has 0 aliphatic carbocycles. The zero-order valence-electron chi connectivity index (χ0n) is 7.11. The number of hydrogen-bond acceptors (Lipinski definition) is 2. The Hall–Kier alpha value is -1.71. The number of aryl methyl sites for hydroxylation is 1. The van der Waals surface area contributed by atoms with Gasteiger partial charge in [0.1, 0.15) is 24.2 Å². The monoisotopic (exact) mass is 177 g/mol. The molecule has 0 bridgehead atoms. The maximum absolute atomic E-state index is 13.3. The number of halogens is 1. The molecule has 1 heterocycles. The van der Waals surface area contributed by atoms with Crippen LogP contribution in [-0.4, -0.2) is 14.8 Å². The number of nitrogens with zero attached hydrogens (tertiary/aromatic N) is 3. The van der Waals surface area contributed by atoms with Crippen LogP contribution in [0.25, 0.3) is 5.69 Å². The molecule has 0 unspecified atom stereocenters. The molecule has 2 aromatic rings. The molecule has 0 atom stereocenters. The van der Waals surface area contributed by atoms with E-state index < -0.39 is 0 Å². The topological polar surface area (TPSA) is 30.7 Å². The Kier molecular flexibility index (Phi) is 1.81. The first-order chi connectivity index (χ1) is 6.27. The summed E-state index contributed by atoms with van der Waals surface area (Å²) in [6.45, 7) is 1.84. The van der Waals surface area contributed by atoms with E-state index in [1.807, 2.05) is 13.0 Å². The highest BCUT2D eigenvalue weighted by molar-refractivity contribution is 5.34. The summed E-state index contributed by atoms with van der Waals surface area (Å²) in [5.41, 5.74) is 1.31. The van der Waals surface area contributed by atoms with E-state index in [0.717, 1.165) is 5.56 Å². The third-order valence-corrected chi connectivity index (χ3v) is 1.77. The predicted octanol–water partition coefficient (Wildman–Crippen LogP) is 1.71. The van der Waals surface area contributed by atoms with Crippen molar-refractivity contribution in [3.8, 4) is 5.69 Å². The maximum atomic E-state index is 13.3. The zero-order chi connectivity index (χ0) is 9.26. The lowest BCUT2D eigenvalue weighted by atomic mass is 10.2. The minimum absolute atomic E-state index is 0.287. The first-order valence-corrected chi connectivity index (χ1v) is 3.88. The Morgan fingerprint density at radius 1 is 1.38 bits per heavy atom. The lowest BCUT2D eigenvalue weighted by Gasteiger charge is -2.02. The van der Waals surface area contributed by atoms with E-state index >= 15 is 0 Å². The molecule has 66 valence electrons. The van der Waals surface area contributed by atoms with Gasteiger partial charge in [-0.15, -0.1) is 0 Å². The van der Waals surface area contributed by atoms with Gasteiger partial charge in [0.15, 0.2) is 0 Å². The average Bonchev–Trinajstić information content (AvgIpc) is 2.56. The Labute approximate surface area is 74.8 Å². The predicted molar refractivity (Wildman–Crippen MR) is 46.1 cm³/mol. The SMILES string of the molecule is Cc1ccc(-n2cncn2)c(F)c1. The van der Waals surface area contributed by atoms with Crippen LogP contribution in [0.1, 0.15) is 5.56 Å². The van der Waals surface area contributed by atoms with Crippen LogP contribution in [0.4, 0.5) is 4.39 Å². The van der Waals surface area contributed by atoms with Gasteiger partial charge in [-0.3, -0.25) is 0 Å². The molecule has 0 saturated heterocycles. The molecule has 0 spiro atoms. The summed E-state index contributed by atoms with van der Waals surface area (Å²) in [5, 5.41) is 3.84. The smallest absolute Gasteiger partial charge is 0.149 e. The van der Waals surface area contributed by atoms with Crippen LogP contribution in [0.2, 0.25) is 0 Å². The average molecular weight is 177 g/mol. The molecule has 0 N–H and O–H groups in total. The maximum Gasteiger partial charge on any atom is 0.149 e. The molecule has 0 fully saturated rings. The van der Waals surface area contributed by atoms with Gasteiger partial charge < -0.3 is 0 Å². The summed E-state index contributed by atoms with van der Waals surface area (Å²) in [5.74, 6) is -0.287. The zero-order valence-corrected chi connectivity index (χ0v) is 7.11. The fraction of sp³-hybridized carbons (Fsp3) is 0.111. The summed E-state index contributed by atoms with van der Waals surface area (Å²) in [4.78, 5) is 3.75. The van der Waals surface area contributed by atoms with E-state index in [2.05, 4.69) is 10.1 Å². The fourth-order valence-corrected chi connectivity index (χ4v) is 1.13. The summed E-state index contributed by atoms with van der Waals surface area (Å²) in [7, 11) is 0. The van der Waals surface area contributed by atoms with Crippen molar-refractivity contribution in [1.29, 1.82) is 0 Å². The van der Waals surface area contributed by atoms with Gasteiger partial charge >= 0.3 is 0 Å². The van der Waals surface area contributed by atoms with Crippen molar-refractivity contribution in [2.24, 2.45) is 0 Å². The normalized spacial score (nSPS) is 10.3. The summed E-state index contributed by atoms with van der Waals surface area (Å²) >= 11 is 0. The molecule has 0 radical (unpaired) electrons. The molecule has 2 rings (SSSR count). The van der Waals surface area contributed by atoms with Gasteiger partial charge in [0.05, 0.1) is 0 Å². The van der Waals surface area contributed by atoms with Crippen LogP contribution < -0.4 is 0 Å². The molecule has 0 saturated carbocycles. The van der Waals surface area contributed by atoms with Gasteiger partial charge in [0.25, 0.3) is 0 Å². The third kappa shape index (κ3) is 1.42. The Morgan fingerprint density at radius 2 is 2.23 bits per heavy atom. The standard InChI is InChI=1S/C9H8FN3/c1-7-2-3-9(8(10)4-7)13-6-11-5-12-13/h2-6H,1H3. The molecule has 0 amide bonds. The molecular weight excluding hydrogens is 169 g/mol. The van der Waals surface area contributed by atoms with E-state index in [4.69, 9.17) is 0 Å². The van der Waals surface area contributed by atoms with Crippen molar-refractivity contribution < 1.29 is 4.39 Å². The van der Waals surface area contributed by atoms with E-state index in [1.54, 1.807) is 6.07 Å². The van der Waals surface area contributed by atoms with Gasteiger partial charge in [-0.2, -0.15) is 5.10 Å². The highest BCUT2D eigenvalue weighted by Crippen LogP contribution is 2.12. The first-order valence-electron chi connectivity index (χ1n) is 3.88. The lowest BCUT2D eigenvalue weighted by molar-refractivity contribution is 0.609. The van der Waals surface area contributed by atoms with Crippen molar-refractivity contribution >= 4 is 0 Å².